The summed E-state index contributed by atoms with van der Waals surface area (Å²) < 4.78 is 5.11. The number of aromatic hydroxyl groups is 1. The fourth-order valence-electron chi connectivity index (χ4n) is 2.36. The van der Waals surface area contributed by atoms with Crippen LogP contribution in [0.3, 0.4) is 0 Å². The Morgan fingerprint density at radius 1 is 1.56 bits per heavy atom. The predicted molar refractivity (Wildman–Crippen MR) is 72.4 cm³/mol. The van der Waals surface area contributed by atoms with E-state index < -0.39 is 0 Å². The molecule has 1 aliphatic heterocycles. The van der Waals surface area contributed by atoms with Crippen LogP contribution in [0.4, 0.5) is 0 Å². The lowest BCUT2D eigenvalue weighted by atomic mass is 10.1. The Balaban J connectivity index is 2.12. The zero-order chi connectivity index (χ0) is 13.1. The Kier molecular flexibility index (Phi) is 4.32. The maximum absolute atomic E-state index is 10.1. The third-order valence-corrected chi connectivity index (χ3v) is 3.63. The molecule has 1 heterocycles. The van der Waals surface area contributed by atoms with Gasteiger partial charge >= 0.3 is 0 Å². The summed E-state index contributed by atoms with van der Waals surface area (Å²) in [4.78, 5) is 2.30. The van der Waals surface area contributed by atoms with Gasteiger partial charge in [-0.15, -0.1) is 0 Å². The lowest BCUT2D eigenvalue weighted by molar-refractivity contribution is 0.311. The van der Waals surface area contributed by atoms with Gasteiger partial charge in [0.05, 0.1) is 7.11 Å². The molecule has 18 heavy (non-hydrogen) atoms. The molecule has 1 aromatic rings. The summed E-state index contributed by atoms with van der Waals surface area (Å²) >= 11 is 6.02. The molecule has 1 atom stereocenters. The Morgan fingerprint density at radius 2 is 2.33 bits per heavy atom. The van der Waals surface area contributed by atoms with E-state index in [0.717, 1.165) is 25.1 Å². The topological polar surface area (TPSA) is 44.7 Å². The Bertz CT molecular complexity index is 426. The number of benzene rings is 1. The Hall–Kier alpha value is -0.970. The highest BCUT2D eigenvalue weighted by atomic mass is 35.5. The van der Waals surface area contributed by atoms with Crippen molar-refractivity contribution in [3.8, 4) is 11.5 Å². The van der Waals surface area contributed by atoms with Crippen molar-refractivity contribution in [1.82, 2.24) is 10.2 Å². The first-order valence-electron chi connectivity index (χ1n) is 6.09. The molecule has 0 amide bonds. The van der Waals surface area contributed by atoms with Crippen LogP contribution in [-0.2, 0) is 6.54 Å². The normalized spacial score (nSPS) is 20.3. The molecule has 2 rings (SSSR count). The molecule has 0 aliphatic carbocycles. The quantitative estimate of drug-likeness (QED) is 0.877. The zero-order valence-corrected chi connectivity index (χ0v) is 11.5. The van der Waals surface area contributed by atoms with Gasteiger partial charge in [0, 0.05) is 42.3 Å². The third-order valence-electron chi connectivity index (χ3n) is 3.41. The molecular weight excluding hydrogens is 252 g/mol. The first-order chi connectivity index (χ1) is 8.63. The van der Waals surface area contributed by atoms with Gasteiger partial charge in [0.2, 0.25) is 0 Å². The summed E-state index contributed by atoms with van der Waals surface area (Å²) in [6, 6.07) is 3.96. The van der Waals surface area contributed by atoms with E-state index in [1.165, 1.54) is 7.11 Å². The van der Waals surface area contributed by atoms with Crippen molar-refractivity contribution in [3.05, 3.63) is 22.7 Å². The zero-order valence-electron chi connectivity index (χ0n) is 10.7. The molecule has 1 saturated heterocycles. The van der Waals surface area contributed by atoms with Crippen LogP contribution in [0.1, 0.15) is 12.0 Å². The van der Waals surface area contributed by atoms with Gasteiger partial charge in [-0.3, -0.25) is 4.90 Å². The number of phenolic OH excluding ortho intramolecular Hbond substituents is 1. The number of likely N-dealkylation sites (N-methyl/N-ethyl adjacent to an activating group) is 1. The number of ether oxygens (including phenoxy) is 1. The van der Waals surface area contributed by atoms with E-state index in [0.29, 0.717) is 23.4 Å². The van der Waals surface area contributed by atoms with Gasteiger partial charge in [0.15, 0.2) is 11.5 Å². The highest BCUT2D eigenvalue weighted by Gasteiger charge is 2.22. The molecule has 100 valence electrons. The van der Waals surface area contributed by atoms with Crippen LogP contribution in [0, 0.1) is 0 Å². The van der Waals surface area contributed by atoms with E-state index in [1.54, 1.807) is 12.1 Å². The molecule has 1 aromatic carbocycles. The van der Waals surface area contributed by atoms with E-state index in [9.17, 15) is 5.11 Å². The first kappa shape index (κ1) is 13.5. The standard InChI is InChI=1S/C13H19ClN2O2/c1-15-11-3-4-16(8-11)7-9-5-10(14)6-12(18-2)13(9)17/h5-6,11,15,17H,3-4,7-8H2,1-2H3. The average molecular weight is 271 g/mol. The smallest absolute Gasteiger partial charge is 0.162 e. The fourth-order valence-corrected chi connectivity index (χ4v) is 2.59. The third kappa shape index (κ3) is 2.88. The van der Waals surface area contributed by atoms with Gasteiger partial charge in [-0.05, 0) is 19.5 Å². The highest BCUT2D eigenvalue weighted by molar-refractivity contribution is 6.30. The number of nitrogens with zero attached hydrogens (tertiary/aromatic N) is 1. The van der Waals surface area contributed by atoms with Gasteiger partial charge < -0.3 is 15.2 Å². The van der Waals surface area contributed by atoms with Crippen molar-refractivity contribution in [1.29, 1.82) is 0 Å². The molecule has 4 nitrogen and oxygen atoms in total. The molecule has 0 saturated carbocycles. The van der Waals surface area contributed by atoms with E-state index in [2.05, 4.69) is 10.2 Å². The van der Waals surface area contributed by atoms with Gasteiger partial charge in [0.25, 0.3) is 0 Å². The molecular formula is C13H19ClN2O2. The van der Waals surface area contributed by atoms with Gasteiger partial charge in [-0.2, -0.15) is 0 Å². The van der Waals surface area contributed by atoms with Crippen molar-refractivity contribution < 1.29 is 9.84 Å². The van der Waals surface area contributed by atoms with Crippen molar-refractivity contribution in [3.63, 3.8) is 0 Å². The molecule has 1 fully saturated rings. The summed E-state index contributed by atoms with van der Waals surface area (Å²) in [6.07, 6.45) is 1.13. The van der Waals surface area contributed by atoms with E-state index in [-0.39, 0.29) is 5.75 Å². The minimum Gasteiger partial charge on any atom is -0.504 e. The maximum atomic E-state index is 10.1. The van der Waals surface area contributed by atoms with Crippen LogP contribution in [0.2, 0.25) is 5.02 Å². The second kappa shape index (κ2) is 5.78. The summed E-state index contributed by atoms with van der Waals surface area (Å²) in [5, 5.41) is 13.9. The van der Waals surface area contributed by atoms with E-state index in [1.807, 2.05) is 7.05 Å². The Morgan fingerprint density at radius 3 is 2.94 bits per heavy atom. The van der Waals surface area contributed by atoms with Crippen molar-refractivity contribution in [2.24, 2.45) is 0 Å². The van der Waals surface area contributed by atoms with Crippen molar-refractivity contribution in [2.75, 3.05) is 27.2 Å². The molecule has 0 spiro atoms. The fraction of sp³-hybridized carbons (Fsp3) is 0.538. The second-order valence-corrected chi connectivity index (χ2v) is 5.06. The van der Waals surface area contributed by atoms with Crippen molar-refractivity contribution in [2.45, 2.75) is 19.0 Å². The summed E-state index contributed by atoms with van der Waals surface area (Å²) in [7, 11) is 3.51. The summed E-state index contributed by atoms with van der Waals surface area (Å²) in [5.74, 6) is 0.622. The lowest BCUT2D eigenvalue weighted by Crippen LogP contribution is -2.29. The molecule has 5 heteroatoms. The van der Waals surface area contributed by atoms with E-state index in [4.69, 9.17) is 16.3 Å². The molecule has 0 bridgehead atoms. The predicted octanol–water partition coefficient (Wildman–Crippen LogP) is 1.85. The molecule has 1 unspecified atom stereocenters. The summed E-state index contributed by atoms with van der Waals surface area (Å²) in [5.41, 5.74) is 0.816. The molecule has 0 aromatic heterocycles. The minimum absolute atomic E-state index is 0.190. The van der Waals surface area contributed by atoms with E-state index >= 15 is 0 Å². The summed E-state index contributed by atoms with van der Waals surface area (Å²) in [6.45, 7) is 2.71. The minimum atomic E-state index is 0.190. The lowest BCUT2D eigenvalue weighted by Gasteiger charge is -2.18. The van der Waals surface area contributed by atoms with Crippen LogP contribution < -0.4 is 10.1 Å². The highest BCUT2D eigenvalue weighted by Crippen LogP contribution is 2.34. The number of phenols is 1. The number of rotatable bonds is 4. The SMILES string of the molecule is CNC1CCN(Cc2cc(Cl)cc(OC)c2O)C1. The Labute approximate surface area is 113 Å². The molecule has 2 N–H and O–H groups in total. The number of methoxy groups -OCH3 is 1. The van der Waals surface area contributed by atoms with Gasteiger partial charge in [-0.1, -0.05) is 11.6 Å². The number of nitrogens with one attached hydrogen (secondary N) is 1. The van der Waals surface area contributed by atoms with Crippen LogP contribution in [0.5, 0.6) is 11.5 Å². The monoisotopic (exact) mass is 270 g/mol. The first-order valence-corrected chi connectivity index (χ1v) is 6.47. The number of halogens is 1. The van der Waals surface area contributed by atoms with Crippen LogP contribution in [-0.4, -0.2) is 43.3 Å². The van der Waals surface area contributed by atoms with Crippen LogP contribution in [0.25, 0.3) is 0 Å². The number of likely N-dealkylation sites (tertiary alicyclic amines) is 1. The van der Waals surface area contributed by atoms with Crippen molar-refractivity contribution >= 4 is 11.6 Å². The second-order valence-electron chi connectivity index (χ2n) is 4.63. The van der Waals surface area contributed by atoms with Gasteiger partial charge in [-0.25, -0.2) is 0 Å². The van der Waals surface area contributed by atoms with Crippen LogP contribution in [0.15, 0.2) is 12.1 Å². The molecule has 0 radical (unpaired) electrons. The number of hydrogen-bond donors (Lipinski definition) is 2. The molecule has 1 aliphatic rings. The largest absolute Gasteiger partial charge is 0.504 e. The van der Waals surface area contributed by atoms with Crippen LogP contribution >= 0.6 is 11.6 Å². The van der Waals surface area contributed by atoms with Gasteiger partial charge in [0.1, 0.15) is 0 Å². The average Bonchev–Trinajstić information content (AvgIpc) is 2.81. The number of hydrogen-bond acceptors (Lipinski definition) is 4. The maximum Gasteiger partial charge on any atom is 0.162 e.